The van der Waals surface area contributed by atoms with Crippen LogP contribution in [0.2, 0.25) is 5.02 Å². The molecule has 0 saturated carbocycles. The van der Waals surface area contributed by atoms with Crippen molar-refractivity contribution in [2.75, 3.05) is 21.3 Å². The highest BCUT2D eigenvalue weighted by atomic mass is 35.5. The molecule has 3 aromatic rings. The van der Waals surface area contributed by atoms with E-state index in [9.17, 15) is 4.79 Å². The van der Waals surface area contributed by atoms with Crippen LogP contribution in [0, 0.1) is 6.92 Å². The molecule has 6 nitrogen and oxygen atoms in total. The van der Waals surface area contributed by atoms with E-state index in [2.05, 4.69) is 10.5 Å². The molecule has 0 aliphatic carbocycles. The molecule has 0 saturated heterocycles. The van der Waals surface area contributed by atoms with Crippen LogP contribution in [0.3, 0.4) is 0 Å². The van der Waals surface area contributed by atoms with E-state index < -0.39 is 0 Å². The number of nitrogens with one attached hydrogen (secondary N) is 1. The summed E-state index contributed by atoms with van der Waals surface area (Å²) in [6.07, 6.45) is 1.48. The Morgan fingerprint density at radius 2 is 1.86 bits per heavy atom. The molecule has 0 atom stereocenters. The fourth-order valence-corrected chi connectivity index (χ4v) is 4.26. The van der Waals surface area contributed by atoms with Gasteiger partial charge in [-0.25, -0.2) is 5.43 Å². The van der Waals surface area contributed by atoms with Gasteiger partial charge in [-0.2, -0.15) is 5.10 Å². The van der Waals surface area contributed by atoms with E-state index >= 15 is 0 Å². The Kier molecular flexibility index (Phi) is 6.06. The van der Waals surface area contributed by atoms with Crippen LogP contribution in [-0.4, -0.2) is 33.5 Å². The van der Waals surface area contributed by atoms with Gasteiger partial charge in [0.2, 0.25) is 5.75 Å². The van der Waals surface area contributed by atoms with Crippen LogP contribution >= 0.6 is 22.9 Å². The third-order valence-electron chi connectivity index (χ3n) is 4.10. The van der Waals surface area contributed by atoms with Crippen LogP contribution in [0.5, 0.6) is 17.2 Å². The van der Waals surface area contributed by atoms with Gasteiger partial charge < -0.3 is 14.2 Å². The number of carbonyl (C=O) groups excluding carboxylic acids is 1. The third-order valence-corrected chi connectivity index (χ3v) is 5.75. The van der Waals surface area contributed by atoms with Gasteiger partial charge in [0.25, 0.3) is 5.91 Å². The summed E-state index contributed by atoms with van der Waals surface area (Å²) in [4.78, 5) is 12.9. The number of hydrogen-bond acceptors (Lipinski definition) is 6. The molecular formula is C20H19ClN2O4S. The lowest BCUT2D eigenvalue weighted by Gasteiger charge is -2.13. The first-order chi connectivity index (χ1) is 13.5. The second kappa shape index (κ2) is 8.50. The lowest BCUT2D eigenvalue weighted by atomic mass is 10.2. The van der Waals surface area contributed by atoms with Gasteiger partial charge in [0.1, 0.15) is 4.88 Å². The number of fused-ring (bicyclic) bond motifs is 1. The van der Waals surface area contributed by atoms with Gasteiger partial charge in [0.05, 0.1) is 32.6 Å². The summed E-state index contributed by atoms with van der Waals surface area (Å²) in [6.45, 7) is 1.99. The Balaban J connectivity index is 1.83. The number of carbonyl (C=O) groups is 1. The van der Waals surface area contributed by atoms with Crippen LogP contribution in [0.4, 0.5) is 0 Å². The predicted octanol–water partition coefficient (Wildman–Crippen LogP) is 4.65. The molecule has 2 aromatic carbocycles. The highest BCUT2D eigenvalue weighted by molar-refractivity contribution is 7.21. The molecule has 0 spiro atoms. The average Bonchev–Trinajstić information content (AvgIpc) is 3.02. The molecule has 0 unspecified atom stereocenters. The maximum atomic E-state index is 12.5. The van der Waals surface area contributed by atoms with Crippen molar-refractivity contribution in [1.82, 2.24) is 5.43 Å². The first kappa shape index (κ1) is 20.0. The number of hydrazone groups is 1. The molecule has 1 aromatic heterocycles. The average molecular weight is 419 g/mol. The van der Waals surface area contributed by atoms with Crippen molar-refractivity contribution in [3.63, 3.8) is 0 Å². The number of ether oxygens (including phenoxy) is 3. The summed E-state index contributed by atoms with van der Waals surface area (Å²) >= 11 is 7.70. The minimum atomic E-state index is -0.375. The number of methoxy groups -OCH3 is 3. The smallest absolute Gasteiger partial charge is 0.283 e. The van der Waals surface area contributed by atoms with E-state index in [1.165, 1.54) is 31.8 Å². The number of benzene rings is 2. The van der Waals surface area contributed by atoms with E-state index in [0.29, 0.717) is 32.7 Å². The molecule has 1 N–H and O–H groups in total. The highest BCUT2D eigenvalue weighted by Gasteiger charge is 2.17. The van der Waals surface area contributed by atoms with Gasteiger partial charge in [0, 0.05) is 15.6 Å². The minimum Gasteiger partial charge on any atom is -0.493 e. The predicted molar refractivity (Wildman–Crippen MR) is 113 cm³/mol. The molecule has 0 radical (unpaired) electrons. The number of aryl methyl sites for hydroxylation is 1. The Hall–Kier alpha value is -2.77. The zero-order valence-electron chi connectivity index (χ0n) is 15.8. The quantitative estimate of drug-likeness (QED) is 0.467. The van der Waals surface area contributed by atoms with Crippen molar-refractivity contribution >= 4 is 45.1 Å². The second-order valence-electron chi connectivity index (χ2n) is 5.87. The summed E-state index contributed by atoms with van der Waals surface area (Å²) < 4.78 is 16.9. The zero-order chi connectivity index (χ0) is 20.3. The first-order valence-electron chi connectivity index (χ1n) is 8.31. The molecule has 0 fully saturated rings. The summed E-state index contributed by atoms with van der Waals surface area (Å²) in [5.41, 5.74) is 4.24. The number of thiophene rings is 1. The van der Waals surface area contributed by atoms with E-state index in [1.54, 1.807) is 19.2 Å². The molecule has 28 heavy (non-hydrogen) atoms. The zero-order valence-corrected chi connectivity index (χ0v) is 17.4. The molecule has 1 amide bonds. The maximum Gasteiger partial charge on any atom is 0.283 e. The number of nitrogens with zero attached hydrogens (tertiary/aromatic N) is 1. The third kappa shape index (κ3) is 3.76. The molecular weight excluding hydrogens is 400 g/mol. The summed E-state index contributed by atoms with van der Waals surface area (Å²) in [6, 6.07) is 9.36. The van der Waals surface area contributed by atoms with Crippen molar-refractivity contribution in [2.45, 2.75) is 6.92 Å². The largest absolute Gasteiger partial charge is 0.493 e. The van der Waals surface area contributed by atoms with Gasteiger partial charge in [-0.3, -0.25) is 4.79 Å². The fourth-order valence-electron chi connectivity index (χ4n) is 2.76. The van der Waals surface area contributed by atoms with E-state index in [-0.39, 0.29) is 5.91 Å². The minimum absolute atomic E-state index is 0.375. The highest BCUT2D eigenvalue weighted by Crippen LogP contribution is 2.39. The fraction of sp³-hybridized carbons (Fsp3) is 0.200. The number of hydrogen-bond donors (Lipinski definition) is 1. The summed E-state index contributed by atoms with van der Waals surface area (Å²) in [5.74, 6) is 1.06. The van der Waals surface area contributed by atoms with Gasteiger partial charge >= 0.3 is 0 Å². The monoisotopic (exact) mass is 418 g/mol. The van der Waals surface area contributed by atoms with Gasteiger partial charge in [-0.15, -0.1) is 11.3 Å². The second-order valence-corrected chi connectivity index (χ2v) is 7.30. The van der Waals surface area contributed by atoms with Crippen molar-refractivity contribution in [1.29, 1.82) is 0 Å². The number of halogens is 1. The van der Waals surface area contributed by atoms with Gasteiger partial charge in [0.15, 0.2) is 11.5 Å². The Morgan fingerprint density at radius 3 is 2.54 bits per heavy atom. The normalized spacial score (nSPS) is 11.0. The molecule has 3 rings (SSSR count). The van der Waals surface area contributed by atoms with Crippen LogP contribution in [-0.2, 0) is 0 Å². The molecule has 0 aliphatic heterocycles. The molecule has 0 bridgehead atoms. The lowest BCUT2D eigenvalue weighted by Crippen LogP contribution is -2.16. The van der Waals surface area contributed by atoms with E-state index in [4.69, 9.17) is 25.8 Å². The van der Waals surface area contributed by atoms with Crippen molar-refractivity contribution in [3.05, 3.63) is 51.4 Å². The molecule has 8 heteroatoms. The van der Waals surface area contributed by atoms with Crippen LogP contribution in [0.25, 0.3) is 10.1 Å². The standard InChI is InChI=1S/C20H19ClN2O4S/c1-11-5-7-13-15(9-11)28-19(16(13)21)20(24)23-22-10-12-6-8-14(25-2)18(27-4)17(12)26-3/h5-10H,1-4H3,(H,23,24). The van der Waals surface area contributed by atoms with Crippen molar-refractivity contribution < 1.29 is 19.0 Å². The van der Waals surface area contributed by atoms with Crippen molar-refractivity contribution in [2.24, 2.45) is 5.10 Å². The van der Waals surface area contributed by atoms with Crippen LogP contribution in [0.1, 0.15) is 20.8 Å². The first-order valence-corrected chi connectivity index (χ1v) is 9.50. The molecule has 146 valence electrons. The van der Waals surface area contributed by atoms with Crippen LogP contribution in [0.15, 0.2) is 35.4 Å². The van der Waals surface area contributed by atoms with Crippen LogP contribution < -0.4 is 19.6 Å². The molecule has 1 heterocycles. The summed E-state index contributed by atoms with van der Waals surface area (Å²) in [5, 5.41) is 5.32. The van der Waals surface area contributed by atoms with Gasteiger partial charge in [-0.1, -0.05) is 23.7 Å². The van der Waals surface area contributed by atoms with E-state index in [1.807, 2.05) is 25.1 Å². The van der Waals surface area contributed by atoms with Crippen molar-refractivity contribution in [3.8, 4) is 17.2 Å². The maximum absolute atomic E-state index is 12.5. The topological polar surface area (TPSA) is 69.2 Å². The SMILES string of the molecule is COc1ccc(C=NNC(=O)c2sc3cc(C)ccc3c2Cl)c(OC)c1OC. The number of amides is 1. The Morgan fingerprint density at radius 1 is 1.11 bits per heavy atom. The molecule has 0 aliphatic rings. The Bertz CT molecular complexity index is 1060. The number of rotatable bonds is 6. The summed E-state index contributed by atoms with van der Waals surface area (Å²) in [7, 11) is 4.59. The van der Waals surface area contributed by atoms with E-state index in [0.717, 1.165) is 15.6 Å². The Labute approximate surface area is 171 Å². The van der Waals surface area contributed by atoms with Gasteiger partial charge in [-0.05, 0) is 30.7 Å². The lowest BCUT2D eigenvalue weighted by molar-refractivity contribution is 0.0959.